The van der Waals surface area contributed by atoms with Gasteiger partial charge in [-0.3, -0.25) is 4.79 Å². The molecule has 1 aromatic heterocycles. The number of thiophene rings is 1. The van der Waals surface area contributed by atoms with E-state index in [1.165, 1.54) is 0 Å². The number of hydrogen-bond donors (Lipinski definition) is 0. The zero-order valence-corrected chi connectivity index (χ0v) is 10.1. The summed E-state index contributed by atoms with van der Waals surface area (Å²) in [4.78, 5) is 15.2. The number of fused-ring (bicyclic) bond motifs is 1. The first-order valence-electron chi connectivity index (χ1n) is 4.05. The minimum atomic E-state index is -1.79. The Hall–Kier alpha value is -1.00. The van der Waals surface area contributed by atoms with Crippen molar-refractivity contribution in [3.8, 4) is 0 Å². The van der Waals surface area contributed by atoms with E-state index in [-0.39, 0.29) is 0 Å². The van der Waals surface area contributed by atoms with Gasteiger partial charge in [0.2, 0.25) is 0 Å². The van der Waals surface area contributed by atoms with Crippen LogP contribution in [0.4, 0.5) is 0 Å². The maximum Gasteiger partial charge on any atom is 0.172 e. The molecule has 2 heterocycles. The highest BCUT2D eigenvalue weighted by Gasteiger charge is 2.33. The third-order valence-electron chi connectivity index (χ3n) is 2.14. The Balaban J connectivity index is 2.59. The van der Waals surface area contributed by atoms with Gasteiger partial charge in [0.05, 0.1) is 14.4 Å². The third-order valence-corrected chi connectivity index (χ3v) is 6.66. The molecule has 1 aliphatic rings. The molecule has 0 aromatic carbocycles. The maximum atomic E-state index is 11.3. The third kappa shape index (κ3) is 1.44. The van der Waals surface area contributed by atoms with Crippen LogP contribution in [0.1, 0.15) is 5.56 Å². The highest BCUT2D eigenvalue weighted by molar-refractivity contribution is 8.49. The van der Waals surface area contributed by atoms with Crippen molar-refractivity contribution in [1.29, 1.82) is 0 Å². The molecule has 15 heavy (non-hydrogen) atoms. The number of isothiocyanates is 1. The largest absolute Gasteiger partial charge is 0.291 e. The first-order valence-corrected chi connectivity index (χ1v) is 7.10. The van der Waals surface area contributed by atoms with E-state index in [1.54, 1.807) is 11.3 Å². The fourth-order valence-corrected chi connectivity index (χ4v) is 5.39. The molecule has 0 fully saturated rings. The Bertz CT molecular complexity index is 510. The molecule has 1 aromatic rings. The van der Waals surface area contributed by atoms with E-state index >= 15 is 0 Å². The lowest BCUT2D eigenvalue weighted by Crippen LogP contribution is -1.96. The second-order valence-electron chi connectivity index (χ2n) is 2.87. The molecule has 5 heteroatoms. The van der Waals surface area contributed by atoms with Crippen LogP contribution >= 0.6 is 33.6 Å². The molecule has 1 unspecified atom stereocenters. The molecule has 1 aliphatic heterocycles. The van der Waals surface area contributed by atoms with Crippen LogP contribution in [-0.2, 0) is 4.79 Å². The van der Waals surface area contributed by atoms with Gasteiger partial charge in [-0.2, -0.15) is 4.99 Å². The molecule has 2 rings (SSSR count). The molecule has 0 spiro atoms. The second-order valence-corrected chi connectivity index (χ2v) is 6.99. The number of carbonyl (C=O) groups is 1. The van der Waals surface area contributed by atoms with Crippen molar-refractivity contribution in [2.24, 2.45) is 4.99 Å². The minimum absolute atomic E-state index is 0.505. The van der Waals surface area contributed by atoms with Crippen LogP contribution < -0.4 is 0 Å². The van der Waals surface area contributed by atoms with Gasteiger partial charge in [0.15, 0.2) is 5.62 Å². The van der Waals surface area contributed by atoms with Gasteiger partial charge in [0, 0.05) is 0 Å². The highest BCUT2D eigenvalue weighted by Crippen LogP contribution is 2.67. The summed E-state index contributed by atoms with van der Waals surface area (Å²) in [6, 6.07) is 1.99. The summed E-state index contributed by atoms with van der Waals surface area (Å²) in [5.41, 5.74) is 2.02. The van der Waals surface area contributed by atoms with Crippen molar-refractivity contribution >= 4 is 50.4 Å². The summed E-state index contributed by atoms with van der Waals surface area (Å²) < 4.78 is 1.04. The van der Waals surface area contributed by atoms with Crippen molar-refractivity contribution in [2.75, 3.05) is 0 Å². The molecule has 1 atom stereocenters. The van der Waals surface area contributed by atoms with E-state index in [4.69, 9.17) is 0 Å². The quantitative estimate of drug-likeness (QED) is 0.467. The van der Waals surface area contributed by atoms with Crippen molar-refractivity contribution in [1.82, 2.24) is 0 Å². The van der Waals surface area contributed by atoms with Gasteiger partial charge in [0.25, 0.3) is 0 Å². The number of thiocarbonyl (C=S) groups is 1. The van der Waals surface area contributed by atoms with Crippen molar-refractivity contribution in [2.45, 2.75) is 4.21 Å². The molecule has 76 valence electrons. The molecule has 0 aliphatic carbocycles. The van der Waals surface area contributed by atoms with Crippen LogP contribution in [0.3, 0.4) is 0 Å². The average molecular weight is 253 g/mol. The van der Waals surface area contributed by atoms with Gasteiger partial charge in [-0.05, 0) is 40.7 Å². The number of nitrogens with zero attached hydrogens (tertiary/aromatic N) is 1. The Morgan fingerprint density at radius 2 is 2.53 bits per heavy atom. The van der Waals surface area contributed by atoms with E-state index < -0.39 is 10.0 Å². The summed E-state index contributed by atoms with van der Waals surface area (Å²) in [5.74, 6) is 0. The Morgan fingerprint density at radius 1 is 1.73 bits per heavy atom. The molecule has 0 radical (unpaired) electrons. The molecule has 0 saturated heterocycles. The van der Waals surface area contributed by atoms with Gasteiger partial charge in [-0.15, -0.1) is 11.3 Å². The van der Waals surface area contributed by atoms with Crippen molar-refractivity contribution < 1.29 is 4.79 Å². The zero-order valence-electron chi connectivity index (χ0n) is 7.67. The van der Waals surface area contributed by atoms with E-state index in [1.807, 2.05) is 22.9 Å². The molecule has 0 bridgehead atoms. The molecule has 0 amide bonds. The van der Waals surface area contributed by atoms with Crippen LogP contribution in [0.15, 0.2) is 37.7 Å². The van der Waals surface area contributed by atoms with Crippen LogP contribution in [0.2, 0.25) is 0 Å². The first kappa shape index (κ1) is 10.5. The van der Waals surface area contributed by atoms with Crippen LogP contribution in [-0.4, -0.2) is 10.8 Å². The first-order chi connectivity index (χ1) is 7.24. The predicted octanol–water partition coefficient (Wildman–Crippen LogP) is 3.66. The van der Waals surface area contributed by atoms with E-state index in [0.717, 1.165) is 15.4 Å². The smallest absolute Gasteiger partial charge is 0.172 e. The van der Waals surface area contributed by atoms with Crippen LogP contribution in [0.25, 0.3) is 6.08 Å². The highest BCUT2D eigenvalue weighted by atomic mass is 32.3. The number of rotatable bonds is 3. The molecular weight excluding hydrogens is 246 g/mol. The average Bonchev–Trinajstić information content (AvgIpc) is 2.78. The van der Waals surface area contributed by atoms with Crippen LogP contribution in [0, 0.1) is 0 Å². The number of carbonyl (C=O) groups excluding carboxylic acids is 1. The lowest BCUT2D eigenvalue weighted by molar-refractivity contribution is 0.569. The molecule has 0 N–H and O–H groups in total. The monoisotopic (exact) mass is 253 g/mol. The lowest BCUT2D eigenvalue weighted by Gasteiger charge is -2.25. The summed E-state index contributed by atoms with van der Waals surface area (Å²) in [6.45, 7) is 3.81. The topological polar surface area (TPSA) is 29.4 Å². The van der Waals surface area contributed by atoms with Gasteiger partial charge < -0.3 is 0 Å². The Morgan fingerprint density at radius 3 is 3.20 bits per heavy atom. The van der Waals surface area contributed by atoms with E-state index in [0.29, 0.717) is 5.03 Å². The predicted molar refractivity (Wildman–Crippen MR) is 70.1 cm³/mol. The lowest BCUT2D eigenvalue weighted by atomic mass is 10.3. The fraction of sp³-hybridized carbons (Fsp3) is 0. The summed E-state index contributed by atoms with van der Waals surface area (Å²) in [5, 5.41) is 6.63. The van der Waals surface area contributed by atoms with Gasteiger partial charge in [0.1, 0.15) is 0 Å². The second kappa shape index (κ2) is 3.87. The Labute approximate surface area is 98.4 Å². The fourth-order valence-electron chi connectivity index (χ4n) is 1.39. The number of hydrogen-bond acceptors (Lipinski definition) is 4. The van der Waals surface area contributed by atoms with Crippen LogP contribution in [0.5, 0.6) is 0 Å². The maximum absolute atomic E-state index is 11.3. The number of aliphatic imine (C=N–C) groups is 1. The minimum Gasteiger partial charge on any atom is -0.291 e. The van der Waals surface area contributed by atoms with Crippen molar-refractivity contribution in [3.05, 3.63) is 34.0 Å². The van der Waals surface area contributed by atoms with Crippen molar-refractivity contribution in [3.63, 3.8) is 0 Å². The summed E-state index contributed by atoms with van der Waals surface area (Å²) >= 11 is 6.10. The van der Waals surface area contributed by atoms with E-state index in [9.17, 15) is 4.79 Å². The molecule has 0 saturated carbocycles. The standard InChI is InChI=1S/C10H7NOS3/c1-8(11-6-13)15(7-12)5-3-9-2-4-14-10(9)15/h2-5,7H,1H2. The van der Waals surface area contributed by atoms with Gasteiger partial charge >= 0.3 is 0 Å². The van der Waals surface area contributed by atoms with Gasteiger partial charge in [-0.25, -0.2) is 0 Å². The Kier molecular flexibility index (Phi) is 2.71. The SMILES string of the molecule is C=C(N=C=S)S1(C=O)C=Cc2ccsc21. The zero-order chi connectivity index (χ0) is 10.9. The normalized spacial score (nSPS) is 26.1. The van der Waals surface area contributed by atoms with Gasteiger partial charge in [-0.1, -0.05) is 16.6 Å². The van der Waals surface area contributed by atoms with E-state index in [2.05, 4.69) is 29.0 Å². The summed E-state index contributed by atoms with van der Waals surface area (Å²) in [6.07, 6.45) is 1.94. The molecule has 2 nitrogen and oxygen atoms in total. The summed E-state index contributed by atoms with van der Waals surface area (Å²) in [7, 11) is -1.79. The molecular formula is C10H7NOS3.